The van der Waals surface area contributed by atoms with Crippen molar-refractivity contribution in [3.05, 3.63) is 108 Å². The van der Waals surface area contributed by atoms with Gasteiger partial charge in [0.1, 0.15) is 11.2 Å². The predicted octanol–water partition coefficient (Wildman–Crippen LogP) is 12.4. The third-order valence-corrected chi connectivity index (χ3v) is 13.8. The van der Waals surface area contributed by atoms with Crippen LogP contribution in [0.4, 0.5) is 21.0 Å². The van der Waals surface area contributed by atoms with Gasteiger partial charge in [0.15, 0.2) is 0 Å². The number of aryl methyl sites for hydroxylation is 2. The Balaban J connectivity index is 0.000000142. The van der Waals surface area contributed by atoms with Gasteiger partial charge in [-0.15, -0.1) is 0 Å². The van der Waals surface area contributed by atoms with E-state index in [0.717, 1.165) is 96.5 Å². The maximum atomic E-state index is 12.6. The van der Waals surface area contributed by atoms with E-state index in [4.69, 9.17) is 9.47 Å². The minimum absolute atomic E-state index is 0.195. The molecule has 0 aliphatic heterocycles. The zero-order valence-electron chi connectivity index (χ0n) is 31.8. The number of nitrogens with one attached hydrogen (secondary N) is 2. The lowest BCUT2D eigenvalue weighted by Crippen LogP contribution is -2.53. The number of hydrogen-bond acceptors (Lipinski definition) is 4. The molecule has 8 aliphatic rings. The van der Waals surface area contributed by atoms with Crippen LogP contribution < -0.4 is 10.6 Å². The SMILES string of the molecule is Cc1ccccc1-c1ccc(NC(=O)OC23CC4CC(CC(C4)C2)C3)cc1.Cc1ccccc1-c1ccc(NC(=O)OC23CC4CC(CC(C4)C2)C3)cc1. The van der Waals surface area contributed by atoms with Crippen molar-refractivity contribution in [3.8, 4) is 22.3 Å². The third-order valence-electron chi connectivity index (χ3n) is 13.8. The molecule has 2 amide bonds. The largest absolute Gasteiger partial charge is 0.443 e. The first-order valence-electron chi connectivity index (χ1n) is 20.5. The van der Waals surface area contributed by atoms with Crippen LogP contribution in [0.2, 0.25) is 0 Å². The van der Waals surface area contributed by atoms with Gasteiger partial charge in [0.25, 0.3) is 0 Å². The molecule has 4 aromatic rings. The second-order valence-electron chi connectivity index (χ2n) is 18.0. The number of carbonyl (C=O) groups is 2. The lowest BCUT2D eigenvalue weighted by atomic mass is 9.54. The number of rotatable bonds is 6. The average molecular weight is 723 g/mol. The Morgan fingerprint density at radius 1 is 0.463 bits per heavy atom. The van der Waals surface area contributed by atoms with Gasteiger partial charge in [0.05, 0.1) is 0 Å². The lowest BCUT2D eigenvalue weighted by molar-refractivity contribution is -0.124. The standard InChI is InChI=1S/2C24H27NO2/c2*1-16-4-2-3-5-22(16)20-6-8-21(9-7-20)25-23(26)27-24-13-17-10-18(14-24)12-19(11-17)15-24/h2*2-9,17-19H,10-15H2,1H3,(H,25,26). The molecule has 54 heavy (non-hydrogen) atoms. The van der Waals surface area contributed by atoms with Crippen LogP contribution in [0.1, 0.15) is 88.2 Å². The quantitative estimate of drug-likeness (QED) is 0.208. The fraction of sp³-hybridized carbons (Fsp3) is 0.458. The Kier molecular flexibility index (Phi) is 9.27. The maximum absolute atomic E-state index is 12.6. The highest BCUT2D eigenvalue weighted by molar-refractivity contribution is 5.86. The summed E-state index contributed by atoms with van der Waals surface area (Å²) in [4.78, 5) is 25.1. The van der Waals surface area contributed by atoms with Gasteiger partial charge in [-0.05, 0) is 184 Å². The summed E-state index contributed by atoms with van der Waals surface area (Å²) in [7, 11) is 0. The second-order valence-corrected chi connectivity index (χ2v) is 18.0. The molecule has 12 rings (SSSR count). The number of anilines is 2. The van der Waals surface area contributed by atoms with Crippen LogP contribution in [0, 0.1) is 49.4 Å². The highest BCUT2D eigenvalue weighted by Gasteiger charge is 2.54. The van der Waals surface area contributed by atoms with E-state index in [9.17, 15) is 9.59 Å². The molecule has 8 aliphatic carbocycles. The summed E-state index contributed by atoms with van der Waals surface area (Å²) in [5.74, 6) is 4.65. The first-order valence-corrected chi connectivity index (χ1v) is 20.5. The van der Waals surface area contributed by atoms with Crippen LogP contribution in [0.15, 0.2) is 97.1 Å². The monoisotopic (exact) mass is 722 g/mol. The molecular weight excluding hydrogens is 669 g/mol. The number of hydrogen-bond donors (Lipinski definition) is 2. The van der Waals surface area contributed by atoms with E-state index in [2.05, 4.69) is 97.3 Å². The molecule has 2 N–H and O–H groups in total. The topological polar surface area (TPSA) is 76.7 Å². The molecule has 0 heterocycles. The summed E-state index contributed by atoms with van der Waals surface area (Å²) in [5, 5.41) is 5.90. The fourth-order valence-corrected chi connectivity index (χ4v) is 12.3. The Hall–Kier alpha value is -4.58. The van der Waals surface area contributed by atoms with E-state index < -0.39 is 0 Å². The number of amides is 2. The molecule has 8 fully saturated rings. The molecule has 0 spiro atoms. The minimum Gasteiger partial charge on any atom is -0.443 e. The fourth-order valence-electron chi connectivity index (χ4n) is 12.3. The molecule has 0 unspecified atom stereocenters. The highest BCUT2D eigenvalue weighted by Crippen LogP contribution is 2.58. The van der Waals surface area contributed by atoms with Crippen molar-refractivity contribution in [2.24, 2.45) is 35.5 Å². The van der Waals surface area contributed by atoms with Gasteiger partial charge in [-0.3, -0.25) is 10.6 Å². The Morgan fingerprint density at radius 2 is 0.759 bits per heavy atom. The van der Waals surface area contributed by atoms with Crippen molar-refractivity contribution in [2.45, 2.75) is 102 Å². The van der Waals surface area contributed by atoms with E-state index in [1.165, 1.54) is 60.8 Å². The van der Waals surface area contributed by atoms with Crippen LogP contribution in [-0.4, -0.2) is 23.4 Å². The number of benzene rings is 4. The zero-order chi connectivity index (χ0) is 36.9. The maximum Gasteiger partial charge on any atom is 0.412 e. The molecule has 8 bridgehead atoms. The average Bonchev–Trinajstić information content (AvgIpc) is 3.11. The summed E-state index contributed by atoms with van der Waals surface area (Å²) in [5.41, 5.74) is 8.46. The van der Waals surface area contributed by atoms with Gasteiger partial charge < -0.3 is 9.47 Å². The third kappa shape index (κ3) is 7.41. The minimum atomic E-state index is -0.291. The Labute approximate surface area is 320 Å². The van der Waals surface area contributed by atoms with Crippen LogP contribution in [0.3, 0.4) is 0 Å². The summed E-state index contributed by atoms with van der Waals surface area (Å²) < 4.78 is 12.1. The molecule has 4 aromatic carbocycles. The van der Waals surface area contributed by atoms with E-state index in [1.54, 1.807) is 0 Å². The van der Waals surface area contributed by atoms with Crippen LogP contribution in [0.5, 0.6) is 0 Å². The Morgan fingerprint density at radius 3 is 1.06 bits per heavy atom. The summed E-state index contributed by atoms with van der Waals surface area (Å²) in [6.07, 6.45) is 13.9. The van der Waals surface area contributed by atoms with Gasteiger partial charge in [-0.1, -0.05) is 72.8 Å². The molecule has 0 radical (unpaired) electrons. The first-order chi connectivity index (χ1) is 26.2. The highest BCUT2D eigenvalue weighted by atomic mass is 16.6. The Bertz CT molecular complexity index is 1780. The van der Waals surface area contributed by atoms with E-state index in [1.807, 2.05) is 24.3 Å². The molecule has 6 heteroatoms. The molecule has 0 aromatic heterocycles. The normalized spacial score (nSPS) is 30.9. The van der Waals surface area contributed by atoms with Gasteiger partial charge in [0.2, 0.25) is 0 Å². The predicted molar refractivity (Wildman–Crippen MR) is 215 cm³/mol. The lowest BCUT2D eigenvalue weighted by Gasteiger charge is -2.55. The van der Waals surface area contributed by atoms with Crippen molar-refractivity contribution < 1.29 is 19.1 Å². The summed E-state index contributed by atoms with van der Waals surface area (Å²) in [6, 6.07) is 32.8. The number of carbonyl (C=O) groups excluding carboxylic acids is 2. The smallest absolute Gasteiger partial charge is 0.412 e. The van der Waals surface area contributed by atoms with Crippen molar-refractivity contribution in [1.82, 2.24) is 0 Å². The molecule has 0 atom stereocenters. The summed E-state index contributed by atoms with van der Waals surface area (Å²) >= 11 is 0. The van der Waals surface area contributed by atoms with Crippen LogP contribution in [-0.2, 0) is 9.47 Å². The van der Waals surface area contributed by atoms with Crippen LogP contribution >= 0.6 is 0 Å². The zero-order valence-corrected chi connectivity index (χ0v) is 31.8. The number of ether oxygens (including phenoxy) is 2. The molecule has 0 saturated heterocycles. The molecule has 280 valence electrons. The van der Waals surface area contributed by atoms with Crippen molar-refractivity contribution in [1.29, 1.82) is 0 Å². The van der Waals surface area contributed by atoms with Gasteiger partial charge in [0, 0.05) is 11.4 Å². The van der Waals surface area contributed by atoms with Crippen molar-refractivity contribution in [2.75, 3.05) is 10.6 Å². The van der Waals surface area contributed by atoms with Gasteiger partial charge in [-0.25, -0.2) is 9.59 Å². The first kappa shape index (κ1) is 35.1. The van der Waals surface area contributed by atoms with E-state index in [-0.39, 0.29) is 23.4 Å². The van der Waals surface area contributed by atoms with Crippen LogP contribution in [0.25, 0.3) is 22.3 Å². The summed E-state index contributed by atoms with van der Waals surface area (Å²) in [6.45, 7) is 4.23. The molecule has 8 saturated carbocycles. The van der Waals surface area contributed by atoms with E-state index in [0.29, 0.717) is 0 Å². The second kappa shape index (κ2) is 14.2. The van der Waals surface area contributed by atoms with Crippen molar-refractivity contribution >= 4 is 23.6 Å². The van der Waals surface area contributed by atoms with Gasteiger partial charge in [-0.2, -0.15) is 0 Å². The van der Waals surface area contributed by atoms with Gasteiger partial charge >= 0.3 is 12.2 Å². The molecular formula is C48H54N2O4. The molecule has 6 nitrogen and oxygen atoms in total. The van der Waals surface area contributed by atoms with Crippen molar-refractivity contribution in [3.63, 3.8) is 0 Å². The van der Waals surface area contributed by atoms with E-state index >= 15 is 0 Å².